The second-order valence-electron chi connectivity index (χ2n) is 8.84. The summed E-state index contributed by atoms with van der Waals surface area (Å²) in [5.41, 5.74) is 4.74. The van der Waals surface area contributed by atoms with E-state index in [-0.39, 0.29) is 13.0 Å². The zero-order valence-electron chi connectivity index (χ0n) is 19.8. The van der Waals surface area contributed by atoms with Crippen LogP contribution in [0.5, 0.6) is 5.75 Å². The standard InChI is InChI=1S/C26H23F3N6O2/c1-15-6-8-18(9-7-15)30-25(36)31-22-13-17(19-4-2-3-5-20(19)24-32-34-35-33-24)12-21-16(14-37-23(21)22)10-11-26(27,28)29/h2-9,12-13,16H,10-11,14H2,1H3,(H2,30,31,36)(H,32,33,34,35). The number of nitrogens with zero attached hydrogens (tertiary/aromatic N) is 3. The number of urea groups is 1. The molecular weight excluding hydrogens is 485 g/mol. The molecule has 1 aliphatic rings. The van der Waals surface area contributed by atoms with Crippen molar-refractivity contribution >= 4 is 17.4 Å². The Kier molecular flexibility index (Phi) is 6.51. The molecule has 1 aromatic heterocycles. The van der Waals surface area contributed by atoms with Gasteiger partial charge in [-0.05, 0) is 59.2 Å². The van der Waals surface area contributed by atoms with Crippen molar-refractivity contribution in [1.82, 2.24) is 20.6 Å². The zero-order valence-corrected chi connectivity index (χ0v) is 19.8. The van der Waals surface area contributed by atoms with E-state index in [1.807, 2.05) is 49.4 Å². The molecule has 0 saturated heterocycles. The Morgan fingerprint density at radius 3 is 2.54 bits per heavy atom. The molecule has 0 saturated carbocycles. The molecule has 11 heteroatoms. The fraction of sp³-hybridized carbons (Fsp3) is 0.231. The van der Waals surface area contributed by atoms with Crippen molar-refractivity contribution in [2.24, 2.45) is 0 Å². The van der Waals surface area contributed by atoms with Crippen LogP contribution in [0, 0.1) is 6.92 Å². The molecule has 3 aromatic carbocycles. The van der Waals surface area contributed by atoms with Crippen molar-refractivity contribution in [3.05, 3.63) is 71.8 Å². The smallest absolute Gasteiger partial charge is 0.389 e. The van der Waals surface area contributed by atoms with E-state index in [1.54, 1.807) is 18.2 Å². The van der Waals surface area contributed by atoms with Gasteiger partial charge in [0.2, 0.25) is 0 Å². The number of carbonyl (C=O) groups is 1. The second-order valence-corrected chi connectivity index (χ2v) is 8.84. The first-order chi connectivity index (χ1) is 17.8. The third-order valence-electron chi connectivity index (χ3n) is 6.16. The number of H-pyrrole nitrogens is 1. The number of anilines is 2. The molecule has 4 aromatic rings. The summed E-state index contributed by atoms with van der Waals surface area (Å²) >= 11 is 0. The number of alkyl halides is 3. The summed E-state index contributed by atoms with van der Waals surface area (Å²) in [6.07, 6.45) is -5.33. The highest BCUT2D eigenvalue weighted by Gasteiger charge is 2.34. The van der Waals surface area contributed by atoms with Crippen LogP contribution in [0.3, 0.4) is 0 Å². The topological polar surface area (TPSA) is 105 Å². The number of carbonyl (C=O) groups excluding carboxylic acids is 1. The maximum absolute atomic E-state index is 13.0. The summed E-state index contributed by atoms with van der Waals surface area (Å²) in [4.78, 5) is 12.8. The van der Waals surface area contributed by atoms with Crippen molar-refractivity contribution in [3.8, 4) is 28.3 Å². The molecule has 37 heavy (non-hydrogen) atoms. The van der Waals surface area contributed by atoms with Gasteiger partial charge in [0, 0.05) is 29.2 Å². The van der Waals surface area contributed by atoms with E-state index >= 15 is 0 Å². The van der Waals surface area contributed by atoms with Crippen LogP contribution in [0.2, 0.25) is 0 Å². The number of aromatic amines is 1. The lowest BCUT2D eigenvalue weighted by molar-refractivity contribution is -0.136. The van der Waals surface area contributed by atoms with Gasteiger partial charge in [0.25, 0.3) is 0 Å². The van der Waals surface area contributed by atoms with E-state index < -0.39 is 24.5 Å². The normalized spacial score (nSPS) is 14.6. The Hall–Kier alpha value is -4.41. The number of halogens is 3. The Balaban J connectivity index is 1.52. The van der Waals surface area contributed by atoms with Gasteiger partial charge in [0.15, 0.2) is 5.82 Å². The molecule has 3 N–H and O–H groups in total. The van der Waals surface area contributed by atoms with Crippen LogP contribution >= 0.6 is 0 Å². The molecule has 2 heterocycles. The number of hydrogen-bond acceptors (Lipinski definition) is 5. The molecule has 190 valence electrons. The van der Waals surface area contributed by atoms with Gasteiger partial charge in [-0.15, -0.1) is 5.10 Å². The molecule has 1 aliphatic heterocycles. The Labute approximate surface area is 210 Å². The summed E-state index contributed by atoms with van der Waals surface area (Å²) < 4.78 is 44.8. The summed E-state index contributed by atoms with van der Waals surface area (Å²) in [5, 5.41) is 19.6. The van der Waals surface area contributed by atoms with Crippen molar-refractivity contribution < 1.29 is 22.7 Å². The predicted molar refractivity (Wildman–Crippen MR) is 132 cm³/mol. The Morgan fingerprint density at radius 1 is 1.08 bits per heavy atom. The number of tetrazole rings is 1. The molecule has 5 rings (SSSR count). The summed E-state index contributed by atoms with van der Waals surface area (Å²) in [5.74, 6) is 0.331. The third-order valence-corrected chi connectivity index (χ3v) is 6.16. The number of benzene rings is 3. The lowest BCUT2D eigenvalue weighted by Crippen LogP contribution is -2.19. The minimum absolute atomic E-state index is 0.0940. The molecular formula is C26H23F3N6O2. The minimum Gasteiger partial charge on any atom is -0.490 e. The Morgan fingerprint density at radius 2 is 1.84 bits per heavy atom. The SMILES string of the molecule is Cc1ccc(NC(=O)Nc2cc(-c3ccccc3-c3nnn[nH]3)cc3c2OCC3CCC(F)(F)F)cc1. The number of hydrogen-bond donors (Lipinski definition) is 3. The lowest BCUT2D eigenvalue weighted by Gasteiger charge is -2.16. The zero-order chi connectivity index (χ0) is 26.0. The number of rotatable bonds is 6. The van der Waals surface area contributed by atoms with Gasteiger partial charge < -0.3 is 15.4 Å². The first-order valence-electron chi connectivity index (χ1n) is 11.6. The maximum atomic E-state index is 13.0. The van der Waals surface area contributed by atoms with Crippen molar-refractivity contribution in [2.45, 2.75) is 31.9 Å². The molecule has 0 fully saturated rings. The van der Waals surface area contributed by atoms with Crippen LogP contribution in [-0.2, 0) is 0 Å². The van der Waals surface area contributed by atoms with Gasteiger partial charge in [-0.1, -0.05) is 42.0 Å². The monoisotopic (exact) mass is 508 g/mol. The molecule has 2 amide bonds. The predicted octanol–water partition coefficient (Wildman–Crippen LogP) is 6.30. The lowest BCUT2D eigenvalue weighted by atomic mass is 9.90. The number of amides is 2. The molecule has 1 atom stereocenters. The number of aromatic nitrogens is 4. The van der Waals surface area contributed by atoms with Crippen molar-refractivity contribution in [2.75, 3.05) is 17.2 Å². The highest BCUT2D eigenvalue weighted by Crippen LogP contribution is 2.46. The number of ether oxygens (including phenoxy) is 1. The van der Waals surface area contributed by atoms with E-state index in [1.165, 1.54) is 0 Å². The number of aryl methyl sites for hydroxylation is 1. The van der Waals surface area contributed by atoms with Crippen LogP contribution in [0.25, 0.3) is 22.5 Å². The molecule has 0 bridgehead atoms. The van der Waals surface area contributed by atoms with Crippen LogP contribution in [0.1, 0.15) is 29.9 Å². The molecule has 8 nitrogen and oxygen atoms in total. The molecule has 0 radical (unpaired) electrons. The first-order valence-corrected chi connectivity index (χ1v) is 11.6. The number of nitrogens with one attached hydrogen (secondary N) is 3. The van der Waals surface area contributed by atoms with E-state index in [0.29, 0.717) is 39.6 Å². The first kappa shape index (κ1) is 24.3. The largest absolute Gasteiger partial charge is 0.490 e. The summed E-state index contributed by atoms with van der Waals surface area (Å²) in [6, 6.07) is 17.7. The third kappa shape index (κ3) is 5.55. The average molecular weight is 509 g/mol. The van der Waals surface area contributed by atoms with Gasteiger partial charge in [-0.25, -0.2) is 9.89 Å². The van der Waals surface area contributed by atoms with Gasteiger partial charge in [0.05, 0.1) is 12.3 Å². The second kappa shape index (κ2) is 9.92. The maximum Gasteiger partial charge on any atom is 0.389 e. The van der Waals surface area contributed by atoms with Crippen LogP contribution in [-0.4, -0.2) is 39.4 Å². The van der Waals surface area contributed by atoms with Crippen molar-refractivity contribution in [1.29, 1.82) is 0 Å². The van der Waals surface area contributed by atoms with Gasteiger partial charge in [-0.2, -0.15) is 13.2 Å². The van der Waals surface area contributed by atoms with Crippen LogP contribution in [0.4, 0.5) is 29.3 Å². The van der Waals surface area contributed by atoms with E-state index in [9.17, 15) is 18.0 Å². The summed E-state index contributed by atoms with van der Waals surface area (Å²) in [6.45, 7) is 2.04. The van der Waals surface area contributed by atoms with E-state index in [0.717, 1.165) is 11.1 Å². The molecule has 0 aliphatic carbocycles. The van der Waals surface area contributed by atoms with Crippen LogP contribution in [0.15, 0.2) is 60.7 Å². The van der Waals surface area contributed by atoms with Gasteiger partial charge in [-0.3, -0.25) is 0 Å². The highest BCUT2D eigenvalue weighted by atomic mass is 19.4. The van der Waals surface area contributed by atoms with Crippen molar-refractivity contribution in [3.63, 3.8) is 0 Å². The molecule has 1 unspecified atom stereocenters. The van der Waals surface area contributed by atoms with Gasteiger partial charge >= 0.3 is 12.2 Å². The fourth-order valence-electron chi connectivity index (χ4n) is 4.35. The Bertz CT molecular complexity index is 1410. The van der Waals surface area contributed by atoms with E-state index in [4.69, 9.17) is 4.74 Å². The quantitative estimate of drug-likeness (QED) is 0.283. The summed E-state index contributed by atoms with van der Waals surface area (Å²) in [7, 11) is 0. The molecule has 0 spiro atoms. The van der Waals surface area contributed by atoms with Crippen LogP contribution < -0.4 is 15.4 Å². The number of fused-ring (bicyclic) bond motifs is 1. The average Bonchev–Trinajstić information content (AvgIpc) is 3.54. The minimum atomic E-state index is -4.28. The fourth-order valence-corrected chi connectivity index (χ4v) is 4.35. The van der Waals surface area contributed by atoms with E-state index in [2.05, 4.69) is 31.3 Å². The van der Waals surface area contributed by atoms with Gasteiger partial charge in [0.1, 0.15) is 5.75 Å². The highest BCUT2D eigenvalue weighted by molar-refractivity contribution is 6.01.